The van der Waals surface area contributed by atoms with Crippen molar-refractivity contribution in [1.29, 1.82) is 0 Å². The summed E-state index contributed by atoms with van der Waals surface area (Å²) in [6, 6.07) is 17.7. The number of hydrogen-bond donors (Lipinski definition) is 2. The Morgan fingerprint density at radius 3 is 2.73 bits per heavy atom. The molecular formula is C19H13N7. The van der Waals surface area contributed by atoms with Gasteiger partial charge in [-0.15, -0.1) is 10.2 Å². The highest BCUT2D eigenvalue weighted by Gasteiger charge is 2.08. The molecule has 3 heterocycles. The molecule has 3 aromatic heterocycles. The fraction of sp³-hybridized carbons (Fsp3) is 0. The van der Waals surface area contributed by atoms with Crippen LogP contribution in [0.25, 0.3) is 33.0 Å². The first kappa shape index (κ1) is 14.5. The van der Waals surface area contributed by atoms with E-state index in [4.69, 9.17) is 0 Å². The van der Waals surface area contributed by atoms with Crippen LogP contribution in [0.1, 0.15) is 5.56 Å². The molecular weight excluding hydrogens is 326 g/mol. The van der Waals surface area contributed by atoms with Crippen LogP contribution in [0.15, 0.2) is 65.9 Å². The van der Waals surface area contributed by atoms with Crippen LogP contribution in [0, 0.1) is 0 Å². The van der Waals surface area contributed by atoms with Gasteiger partial charge in [0.1, 0.15) is 5.52 Å². The van der Waals surface area contributed by atoms with Crippen molar-refractivity contribution in [1.82, 2.24) is 25.1 Å². The fourth-order valence-electron chi connectivity index (χ4n) is 2.96. The summed E-state index contributed by atoms with van der Waals surface area (Å²) in [5.74, 6) is 0.332. The summed E-state index contributed by atoms with van der Waals surface area (Å²) in [5, 5.41) is 14.6. The van der Waals surface area contributed by atoms with Crippen LogP contribution in [-0.2, 0) is 0 Å². The Balaban J connectivity index is 1.45. The molecule has 2 N–H and O–H groups in total. The number of H-pyrrole nitrogens is 1. The van der Waals surface area contributed by atoms with Gasteiger partial charge in [-0.2, -0.15) is 10.1 Å². The van der Waals surface area contributed by atoms with Crippen LogP contribution < -0.4 is 5.43 Å². The summed E-state index contributed by atoms with van der Waals surface area (Å²) >= 11 is 0. The van der Waals surface area contributed by atoms with Gasteiger partial charge in [0.05, 0.1) is 11.7 Å². The lowest BCUT2D eigenvalue weighted by molar-refractivity contribution is 1.01. The summed E-state index contributed by atoms with van der Waals surface area (Å²) in [7, 11) is 0. The van der Waals surface area contributed by atoms with Crippen molar-refractivity contribution in [2.24, 2.45) is 5.10 Å². The molecule has 0 fully saturated rings. The van der Waals surface area contributed by atoms with Crippen molar-refractivity contribution in [3.63, 3.8) is 0 Å². The number of rotatable bonds is 3. The van der Waals surface area contributed by atoms with Crippen molar-refractivity contribution in [3.8, 4) is 0 Å². The number of anilines is 1. The number of nitrogens with zero attached hydrogens (tertiary/aromatic N) is 5. The van der Waals surface area contributed by atoms with E-state index in [9.17, 15) is 0 Å². The quantitative estimate of drug-likeness (QED) is 0.388. The smallest absolute Gasteiger partial charge is 0.265 e. The minimum absolute atomic E-state index is 0.332. The van der Waals surface area contributed by atoms with Gasteiger partial charge in [0, 0.05) is 28.0 Å². The van der Waals surface area contributed by atoms with Crippen LogP contribution >= 0.6 is 0 Å². The number of pyridine rings is 1. The number of benzene rings is 2. The maximum Gasteiger partial charge on any atom is 0.265 e. The van der Waals surface area contributed by atoms with Crippen LogP contribution in [0.3, 0.4) is 0 Å². The third-order valence-electron chi connectivity index (χ3n) is 4.17. The molecule has 0 amide bonds. The molecule has 5 rings (SSSR count). The van der Waals surface area contributed by atoms with Gasteiger partial charge in [-0.05, 0) is 18.2 Å². The molecule has 0 atom stereocenters. The zero-order valence-electron chi connectivity index (χ0n) is 13.6. The van der Waals surface area contributed by atoms with Crippen LogP contribution in [-0.4, -0.2) is 31.4 Å². The van der Waals surface area contributed by atoms with E-state index in [-0.39, 0.29) is 0 Å². The van der Waals surface area contributed by atoms with Crippen LogP contribution in [0.2, 0.25) is 0 Å². The second-order valence-corrected chi connectivity index (χ2v) is 5.79. The van der Waals surface area contributed by atoms with Crippen molar-refractivity contribution in [2.75, 3.05) is 5.43 Å². The molecule has 2 aromatic carbocycles. The first-order chi connectivity index (χ1) is 12.9. The van der Waals surface area contributed by atoms with Crippen molar-refractivity contribution in [3.05, 3.63) is 66.4 Å². The Morgan fingerprint density at radius 2 is 1.77 bits per heavy atom. The molecule has 124 valence electrons. The molecule has 5 aromatic rings. The minimum atomic E-state index is 0.332. The molecule has 0 saturated carbocycles. The molecule has 0 saturated heterocycles. The van der Waals surface area contributed by atoms with Gasteiger partial charge in [0.2, 0.25) is 0 Å². The summed E-state index contributed by atoms with van der Waals surface area (Å²) in [6.45, 7) is 0. The second kappa shape index (κ2) is 5.89. The number of aromatic nitrogens is 5. The third kappa shape index (κ3) is 2.42. The molecule has 26 heavy (non-hydrogen) atoms. The lowest BCUT2D eigenvalue weighted by Crippen LogP contribution is -1.99. The summed E-state index contributed by atoms with van der Waals surface area (Å²) in [4.78, 5) is 12.0. The van der Waals surface area contributed by atoms with E-state index in [0.29, 0.717) is 11.6 Å². The lowest BCUT2D eigenvalue weighted by atomic mass is 10.1. The molecule has 0 aliphatic rings. The summed E-state index contributed by atoms with van der Waals surface area (Å²) in [6.07, 6.45) is 3.49. The molecule has 0 aliphatic heterocycles. The monoisotopic (exact) mass is 339 g/mol. The summed E-state index contributed by atoms with van der Waals surface area (Å²) in [5.41, 5.74) is 7.12. The number of para-hydroxylation sites is 2. The maximum atomic E-state index is 4.44. The SMILES string of the molecule is C(=N\Nc1nnc2c(n1)[nH]c1ccccc12)/c1ccnc2ccccc12. The zero-order valence-corrected chi connectivity index (χ0v) is 13.6. The topological polar surface area (TPSA) is 91.7 Å². The summed E-state index contributed by atoms with van der Waals surface area (Å²) < 4.78 is 0. The normalized spacial score (nSPS) is 11.7. The van der Waals surface area contributed by atoms with E-state index in [1.807, 2.05) is 54.6 Å². The van der Waals surface area contributed by atoms with Crippen LogP contribution in [0.5, 0.6) is 0 Å². The second-order valence-electron chi connectivity index (χ2n) is 5.79. The number of hydrogen-bond acceptors (Lipinski definition) is 6. The average Bonchev–Trinajstić information content (AvgIpc) is 3.06. The van der Waals surface area contributed by atoms with E-state index in [0.717, 1.165) is 32.9 Å². The van der Waals surface area contributed by atoms with Crippen molar-refractivity contribution < 1.29 is 0 Å². The van der Waals surface area contributed by atoms with E-state index in [1.54, 1.807) is 12.4 Å². The maximum absolute atomic E-state index is 4.44. The minimum Gasteiger partial charge on any atom is -0.338 e. The molecule has 0 bridgehead atoms. The zero-order chi connectivity index (χ0) is 17.3. The number of fused-ring (bicyclic) bond motifs is 4. The lowest BCUT2D eigenvalue weighted by Gasteiger charge is -2.01. The largest absolute Gasteiger partial charge is 0.338 e. The van der Waals surface area contributed by atoms with Crippen LogP contribution in [0.4, 0.5) is 5.95 Å². The van der Waals surface area contributed by atoms with Gasteiger partial charge in [0.15, 0.2) is 5.65 Å². The van der Waals surface area contributed by atoms with Crippen molar-refractivity contribution >= 4 is 45.1 Å². The first-order valence-corrected chi connectivity index (χ1v) is 8.12. The van der Waals surface area contributed by atoms with Gasteiger partial charge < -0.3 is 4.98 Å². The van der Waals surface area contributed by atoms with Gasteiger partial charge in [-0.1, -0.05) is 36.4 Å². The van der Waals surface area contributed by atoms with Gasteiger partial charge >= 0.3 is 0 Å². The molecule has 0 radical (unpaired) electrons. The number of nitrogens with one attached hydrogen (secondary N) is 2. The third-order valence-corrected chi connectivity index (χ3v) is 4.17. The number of hydrazone groups is 1. The molecule has 0 unspecified atom stereocenters. The average molecular weight is 339 g/mol. The highest BCUT2D eigenvalue weighted by atomic mass is 15.4. The highest BCUT2D eigenvalue weighted by molar-refractivity contribution is 6.03. The molecule has 7 heteroatoms. The standard InChI is InChI=1S/C19H13N7/c1-3-7-15-13(5-1)12(9-10-20-15)11-21-25-19-23-18-17(24-26-19)14-6-2-4-8-16(14)22-18/h1-11H,(H2,22,23,25,26)/b21-11+. The predicted molar refractivity (Wildman–Crippen MR) is 102 cm³/mol. The Hall–Kier alpha value is -3.87. The number of aromatic amines is 1. The van der Waals surface area contributed by atoms with Crippen molar-refractivity contribution in [2.45, 2.75) is 0 Å². The Morgan fingerprint density at radius 1 is 0.923 bits per heavy atom. The Labute approximate surface area is 147 Å². The van der Waals surface area contributed by atoms with E-state index >= 15 is 0 Å². The Bertz CT molecular complexity index is 1270. The molecule has 7 nitrogen and oxygen atoms in total. The van der Waals surface area contributed by atoms with Gasteiger partial charge in [-0.3, -0.25) is 4.98 Å². The Kier molecular flexibility index (Phi) is 3.28. The van der Waals surface area contributed by atoms with E-state index in [2.05, 4.69) is 35.7 Å². The van der Waals surface area contributed by atoms with Gasteiger partial charge in [0.25, 0.3) is 5.95 Å². The predicted octanol–water partition coefficient (Wildman–Crippen LogP) is 3.50. The van der Waals surface area contributed by atoms with E-state index in [1.165, 1.54) is 0 Å². The van der Waals surface area contributed by atoms with Gasteiger partial charge in [-0.25, -0.2) is 5.43 Å². The molecule has 0 spiro atoms. The molecule has 0 aliphatic carbocycles. The van der Waals surface area contributed by atoms with E-state index < -0.39 is 0 Å². The highest BCUT2D eigenvalue weighted by Crippen LogP contribution is 2.21. The fourth-order valence-corrected chi connectivity index (χ4v) is 2.96. The first-order valence-electron chi connectivity index (χ1n) is 8.12.